The zero-order chi connectivity index (χ0) is 17.7. The Balaban J connectivity index is 1.40. The van der Waals surface area contributed by atoms with E-state index >= 15 is 0 Å². The fourth-order valence-electron chi connectivity index (χ4n) is 4.01. The van der Waals surface area contributed by atoms with E-state index in [0.29, 0.717) is 13.2 Å². The van der Waals surface area contributed by atoms with Crippen molar-refractivity contribution in [2.24, 2.45) is 7.05 Å². The summed E-state index contributed by atoms with van der Waals surface area (Å²) in [4.78, 5) is 19.3. The number of imidazole rings is 1. The summed E-state index contributed by atoms with van der Waals surface area (Å²) in [5.74, 6) is 1.04. The Morgan fingerprint density at radius 2 is 2.27 bits per heavy atom. The summed E-state index contributed by atoms with van der Waals surface area (Å²) < 4.78 is 10.4. The molecule has 3 aromatic heterocycles. The minimum atomic E-state index is -0.320. The van der Waals surface area contributed by atoms with Gasteiger partial charge in [-0.1, -0.05) is 0 Å². The largest absolute Gasteiger partial charge is 0.363 e. The van der Waals surface area contributed by atoms with Gasteiger partial charge in [0.15, 0.2) is 0 Å². The molecule has 7 heteroatoms. The fraction of sp³-hybridized carbons (Fsp3) is 0.368. The quantitative estimate of drug-likeness (QED) is 0.699. The highest BCUT2D eigenvalue weighted by Gasteiger charge is 2.44. The molecule has 0 unspecified atom stereocenters. The molecule has 0 N–H and O–H groups in total. The van der Waals surface area contributed by atoms with Gasteiger partial charge >= 0.3 is 0 Å². The fourth-order valence-corrected chi connectivity index (χ4v) is 4.66. The first-order valence-electron chi connectivity index (χ1n) is 8.77. The summed E-state index contributed by atoms with van der Waals surface area (Å²) in [7, 11) is 1.90. The molecular formula is C19H20N4O2S. The minimum Gasteiger partial charge on any atom is -0.363 e. The molecule has 1 saturated heterocycles. The van der Waals surface area contributed by atoms with Gasteiger partial charge in [-0.2, -0.15) is 11.3 Å². The van der Waals surface area contributed by atoms with Crippen LogP contribution in [0.5, 0.6) is 0 Å². The standard InChI is InChI=1S/C19H20N4O2S/c1-21-6-2-3-15(21)18(24)22-7-5-19(12-22)13-23-16(14-4-8-26-11-14)9-20-17(23)10-25-19/h2-4,6,8-9,11H,5,7,10,12-13H2,1H3/t19-/m1/s1. The van der Waals surface area contributed by atoms with Crippen LogP contribution >= 0.6 is 11.3 Å². The van der Waals surface area contributed by atoms with Crippen LogP contribution in [-0.2, 0) is 24.9 Å². The topological polar surface area (TPSA) is 52.3 Å². The SMILES string of the molecule is Cn1cccc1C(=O)N1CC[C@@]2(C1)Cn1c(-c3ccsc3)cnc1CO2. The van der Waals surface area contributed by atoms with Crippen LogP contribution in [0.25, 0.3) is 11.3 Å². The zero-order valence-electron chi connectivity index (χ0n) is 14.6. The summed E-state index contributed by atoms with van der Waals surface area (Å²) in [5, 5.41) is 4.23. The first kappa shape index (κ1) is 15.8. The Morgan fingerprint density at radius 3 is 3.04 bits per heavy atom. The average molecular weight is 368 g/mol. The Morgan fingerprint density at radius 1 is 1.35 bits per heavy atom. The van der Waals surface area contributed by atoms with E-state index < -0.39 is 0 Å². The molecule has 1 fully saturated rings. The Labute approximate surface area is 155 Å². The highest BCUT2D eigenvalue weighted by atomic mass is 32.1. The summed E-state index contributed by atoms with van der Waals surface area (Å²) in [6.07, 6.45) is 4.69. The molecule has 26 heavy (non-hydrogen) atoms. The van der Waals surface area contributed by atoms with Crippen molar-refractivity contribution >= 4 is 17.2 Å². The van der Waals surface area contributed by atoms with Crippen molar-refractivity contribution in [2.75, 3.05) is 13.1 Å². The van der Waals surface area contributed by atoms with Crippen LogP contribution in [0.3, 0.4) is 0 Å². The molecule has 6 nitrogen and oxygen atoms in total. The van der Waals surface area contributed by atoms with Crippen molar-refractivity contribution in [3.8, 4) is 11.3 Å². The predicted molar refractivity (Wildman–Crippen MR) is 99.0 cm³/mol. The smallest absolute Gasteiger partial charge is 0.270 e. The molecule has 1 spiro atoms. The third-order valence-corrected chi connectivity index (χ3v) is 6.16. The number of carbonyl (C=O) groups excluding carboxylic acids is 1. The average Bonchev–Trinajstić information content (AvgIpc) is 3.41. The number of nitrogens with zero attached hydrogens (tertiary/aromatic N) is 4. The maximum atomic E-state index is 12.8. The molecule has 0 aromatic carbocycles. The van der Waals surface area contributed by atoms with Crippen molar-refractivity contribution in [3.05, 3.63) is 52.9 Å². The van der Waals surface area contributed by atoms with Gasteiger partial charge in [-0.05, 0) is 30.0 Å². The number of rotatable bonds is 2. The number of aromatic nitrogens is 3. The van der Waals surface area contributed by atoms with Crippen molar-refractivity contribution in [2.45, 2.75) is 25.2 Å². The first-order chi connectivity index (χ1) is 12.7. The van der Waals surface area contributed by atoms with E-state index in [4.69, 9.17) is 4.74 Å². The van der Waals surface area contributed by atoms with Crippen molar-refractivity contribution in [1.29, 1.82) is 0 Å². The third kappa shape index (κ3) is 2.42. The van der Waals surface area contributed by atoms with E-state index in [9.17, 15) is 4.79 Å². The van der Waals surface area contributed by atoms with Gasteiger partial charge in [-0.15, -0.1) is 0 Å². The van der Waals surface area contributed by atoms with Gasteiger partial charge in [-0.25, -0.2) is 4.98 Å². The van der Waals surface area contributed by atoms with Gasteiger partial charge in [0.05, 0.1) is 25.0 Å². The number of hydrogen-bond donors (Lipinski definition) is 0. The second-order valence-electron chi connectivity index (χ2n) is 7.11. The van der Waals surface area contributed by atoms with E-state index in [1.807, 2.05) is 41.0 Å². The van der Waals surface area contributed by atoms with Crippen LogP contribution in [0.2, 0.25) is 0 Å². The molecule has 2 aliphatic heterocycles. The lowest BCUT2D eigenvalue weighted by molar-refractivity contribution is -0.0805. The highest BCUT2D eigenvalue weighted by Crippen LogP contribution is 2.36. The number of fused-ring (bicyclic) bond motifs is 1. The lowest BCUT2D eigenvalue weighted by atomic mass is 10.0. The molecule has 0 bridgehead atoms. The van der Waals surface area contributed by atoms with Crippen LogP contribution in [0.1, 0.15) is 22.7 Å². The lowest BCUT2D eigenvalue weighted by Crippen LogP contribution is -2.45. The third-order valence-electron chi connectivity index (χ3n) is 5.48. The first-order valence-corrected chi connectivity index (χ1v) is 9.71. The molecule has 134 valence electrons. The van der Waals surface area contributed by atoms with Gasteiger partial charge < -0.3 is 18.8 Å². The molecule has 2 aliphatic rings. The second kappa shape index (κ2) is 5.82. The van der Waals surface area contributed by atoms with E-state index in [1.54, 1.807) is 11.3 Å². The second-order valence-corrected chi connectivity index (χ2v) is 7.89. The predicted octanol–water partition coefficient (Wildman–Crippen LogP) is 2.77. The highest BCUT2D eigenvalue weighted by molar-refractivity contribution is 7.08. The van der Waals surface area contributed by atoms with Gasteiger partial charge in [0, 0.05) is 30.7 Å². The Hall–Kier alpha value is -2.38. The molecule has 5 rings (SSSR count). The Kier molecular flexibility index (Phi) is 3.55. The summed E-state index contributed by atoms with van der Waals surface area (Å²) in [6, 6.07) is 5.90. The Bertz CT molecular complexity index is 958. The number of aryl methyl sites for hydroxylation is 1. The van der Waals surface area contributed by atoms with E-state index in [-0.39, 0.29) is 11.5 Å². The molecular weight excluding hydrogens is 348 g/mol. The number of thiophene rings is 1. The van der Waals surface area contributed by atoms with Crippen molar-refractivity contribution in [1.82, 2.24) is 19.0 Å². The molecule has 1 atom stereocenters. The zero-order valence-corrected chi connectivity index (χ0v) is 15.4. The van der Waals surface area contributed by atoms with Gasteiger partial charge in [0.25, 0.3) is 5.91 Å². The molecule has 0 saturated carbocycles. The molecule has 5 heterocycles. The van der Waals surface area contributed by atoms with Crippen molar-refractivity contribution < 1.29 is 9.53 Å². The number of likely N-dealkylation sites (tertiary alicyclic amines) is 1. The molecule has 3 aromatic rings. The number of ether oxygens (including phenoxy) is 1. The van der Waals surface area contributed by atoms with Crippen LogP contribution in [-0.4, -0.2) is 43.6 Å². The van der Waals surface area contributed by atoms with Crippen LogP contribution in [0, 0.1) is 0 Å². The minimum absolute atomic E-state index is 0.0764. The van der Waals surface area contributed by atoms with Crippen molar-refractivity contribution in [3.63, 3.8) is 0 Å². The van der Waals surface area contributed by atoms with E-state index in [2.05, 4.69) is 26.4 Å². The summed E-state index contributed by atoms with van der Waals surface area (Å²) >= 11 is 1.69. The normalized spacial score (nSPS) is 22.1. The number of hydrogen-bond acceptors (Lipinski definition) is 4. The molecule has 0 radical (unpaired) electrons. The van der Waals surface area contributed by atoms with E-state index in [1.165, 1.54) is 5.56 Å². The number of carbonyl (C=O) groups is 1. The van der Waals surface area contributed by atoms with Crippen LogP contribution in [0.4, 0.5) is 0 Å². The maximum absolute atomic E-state index is 12.8. The lowest BCUT2D eigenvalue weighted by Gasteiger charge is -2.35. The number of amides is 1. The maximum Gasteiger partial charge on any atom is 0.270 e. The van der Waals surface area contributed by atoms with Gasteiger partial charge in [0.1, 0.15) is 23.7 Å². The van der Waals surface area contributed by atoms with Gasteiger partial charge in [-0.3, -0.25) is 4.79 Å². The molecule has 1 amide bonds. The van der Waals surface area contributed by atoms with Crippen LogP contribution in [0.15, 0.2) is 41.4 Å². The summed E-state index contributed by atoms with van der Waals surface area (Å²) in [6.45, 7) is 2.58. The summed E-state index contributed by atoms with van der Waals surface area (Å²) in [5.41, 5.74) is 2.73. The monoisotopic (exact) mass is 368 g/mol. The van der Waals surface area contributed by atoms with E-state index in [0.717, 1.165) is 36.7 Å². The molecule has 0 aliphatic carbocycles. The van der Waals surface area contributed by atoms with Gasteiger partial charge in [0.2, 0.25) is 0 Å². The van der Waals surface area contributed by atoms with Crippen LogP contribution < -0.4 is 0 Å².